The van der Waals surface area contributed by atoms with Crippen LogP contribution >= 0.6 is 23.2 Å². The van der Waals surface area contributed by atoms with Gasteiger partial charge in [0.15, 0.2) is 0 Å². The van der Waals surface area contributed by atoms with Crippen molar-refractivity contribution in [3.8, 4) is 0 Å². The van der Waals surface area contributed by atoms with Crippen molar-refractivity contribution in [2.24, 2.45) is 0 Å². The van der Waals surface area contributed by atoms with Crippen LogP contribution in [0.15, 0.2) is 18.2 Å². The van der Waals surface area contributed by atoms with E-state index in [1.165, 1.54) is 0 Å². The molecule has 2 N–H and O–H groups in total. The molecule has 2 atom stereocenters. The molecule has 0 spiro atoms. The molecule has 2 nitrogen and oxygen atoms in total. The van der Waals surface area contributed by atoms with Gasteiger partial charge in [0.05, 0.1) is 6.61 Å². The Balaban J connectivity index is 2.76. The van der Waals surface area contributed by atoms with Gasteiger partial charge in [-0.15, -0.1) is 0 Å². The van der Waals surface area contributed by atoms with Crippen molar-refractivity contribution in [1.82, 2.24) is 5.32 Å². The van der Waals surface area contributed by atoms with Gasteiger partial charge in [0.2, 0.25) is 0 Å². The molecule has 0 aliphatic rings. The lowest BCUT2D eigenvalue weighted by atomic mass is 10.1. The van der Waals surface area contributed by atoms with Crippen LogP contribution in [0.1, 0.15) is 31.9 Å². The van der Waals surface area contributed by atoms with Crippen LogP contribution in [0.3, 0.4) is 0 Å². The highest BCUT2D eigenvalue weighted by molar-refractivity contribution is 6.35. The minimum Gasteiger partial charge on any atom is -0.395 e. The molecule has 0 aliphatic heterocycles. The van der Waals surface area contributed by atoms with E-state index in [0.29, 0.717) is 10.0 Å². The van der Waals surface area contributed by atoms with Crippen LogP contribution in [-0.4, -0.2) is 17.8 Å². The molecule has 0 amide bonds. The third-order valence-electron chi connectivity index (χ3n) is 2.63. The Morgan fingerprint density at radius 2 is 2.06 bits per heavy atom. The van der Waals surface area contributed by atoms with E-state index in [1.54, 1.807) is 6.07 Å². The van der Waals surface area contributed by atoms with E-state index in [1.807, 2.05) is 26.0 Å². The quantitative estimate of drug-likeness (QED) is 0.852. The molecule has 1 unspecified atom stereocenters. The lowest BCUT2D eigenvalue weighted by molar-refractivity contribution is 0.230. The van der Waals surface area contributed by atoms with Gasteiger partial charge in [0.1, 0.15) is 0 Å². The topological polar surface area (TPSA) is 32.3 Å². The molecule has 0 bridgehead atoms. The molecule has 0 saturated carbocycles. The Bertz CT molecular complexity index is 340. The highest BCUT2D eigenvalue weighted by Gasteiger charge is 2.13. The van der Waals surface area contributed by atoms with Crippen molar-refractivity contribution in [3.63, 3.8) is 0 Å². The summed E-state index contributed by atoms with van der Waals surface area (Å²) in [6.07, 6.45) is 0.881. The summed E-state index contributed by atoms with van der Waals surface area (Å²) < 4.78 is 0. The first kappa shape index (κ1) is 13.8. The predicted octanol–water partition coefficient (Wildman–Crippen LogP) is 3.41. The average Bonchev–Trinajstić information content (AvgIpc) is 2.25. The Hall–Kier alpha value is -0.280. The maximum atomic E-state index is 9.12. The summed E-state index contributed by atoms with van der Waals surface area (Å²) in [4.78, 5) is 0. The van der Waals surface area contributed by atoms with E-state index in [4.69, 9.17) is 28.3 Å². The predicted molar refractivity (Wildman–Crippen MR) is 69.2 cm³/mol. The van der Waals surface area contributed by atoms with E-state index in [2.05, 4.69) is 5.32 Å². The molecule has 0 fully saturated rings. The van der Waals surface area contributed by atoms with Crippen LogP contribution in [0, 0.1) is 0 Å². The maximum absolute atomic E-state index is 9.12. The summed E-state index contributed by atoms with van der Waals surface area (Å²) in [6, 6.07) is 5.66. The van der Waals surface area contributed by atoms with Crippen molar-refractivity contribution in [3.05, 3.63) is 33.8 Å². The third-order valence-corrected chi connectivity index (χ3v) is 3.19. The molecule has 90 valence electrons. The molecule has 16 heavy (non-hydrogen) atoms. The molecule has 1 aromatic rings. The number of nitrogens with one attached hydrogen (secondary N) is 1. The van der Waals surface area contributed by atoms with Gasteiger partial charge in [-0.05, 0) is 31.0 Å². The van der Waals surface area contributed by atoms with E-state index < -0.39 is 0 Å². The lowest BCUT2D eigenvalue weighted by Crippen LogP contribution is -2.34. The molecular weight excluding hydrogens is 245 g/mol. The fourth-order valence-corrected chi connectivity index (χ4v) is 2.17. The second-order valence-electron chi connectivity index (χ2n) is 3.84. The zero-order valence-corrected chi connectivity index (χ0v) is 11.0. The molecule has 0 heterocycles. The van der Waals surface area contributed by atoms with Crippen molar-refractivity contribution in [1.29, 1.82) is 0 Å². The van der Waals surface area contributed by atoms with E-state index >= 15 is 0 Å². The van der Waals surface area contributed by atoms with Crippen LogP contribution in [0.4, 0.5) is 0 Å². The number of benzene rings is 1. The fraction of sp³-hybridized carbons (Fsp3) is 0.500. The highest BCUT2D eigenvalue weighted by Crippen LogP contribution is 2.26. The first-order chi connectivity index (χ1) is 7.58. The molecular formula is C12H17Cl2NO. The van der Waals surface area contributed by atoms with Gasteiger partial charge in [-0.1, -0.05) is 36.2 Å². The van der Waals surface area contributed by atoms with Crippen molar-refractivity contribution in [2.45, 2.75) is 32.4 Å². The summed E-state index contributed by atoms with van der Waals surface area (Å²) in [6.45, 7) is 4.18. The van der Waals surface area contributed by atoms with Gasteiger partial charge in [0.25, 0.3) is 0 Å². The van der Waals surface area contributed by atoms with Crippen molar-refractivity contribution in [2.75, 3.05) is 6.61 Å². The summed E-state index contributed by atoms with van der Waals surface area (Å²) in [5, 5.41) is 13.7. The Morgan fingerprint density at radius 3 is 2.56 bits per heavy atom. The molecule has 1 aromatic carbocycles. The van der Waals surface area contributed by atoms with E-state index in [0.717, 1.165) is 12.0 Å². The Labute approximate surface area is 107 Å². The van der Waals surface area contributed by atoms with Gasteiger partial charge < -0.3 is 10.4 Å². The smallest absolute Gasteiger partial charge is 0.0584 e. The van der Waals surface area contributed by atoms with Gasteiger partial charge in [0, 0.05) is 22.1 Å². The lowest BCUT2D eigenvalue weighted by Gasteiger charge is -2.21. The number of aliphatic hydroxyl groups is 1. The third kappa shape index (κ3) is 3.63. The molecule has 0 saturated heterocycles. The monoisotopic (exact) mass is 261 g/mol. The van der Waals surface area contributed by atoms with Gasteiger partial charge in [-0.3, -0.25) is 0 Å². The highest BCUT2D eigenvalue weighted by atomic mass is 35.5. The first-order valence-corrected chi connectivity index (χ1v) is 6.16. The van der Waals surface area contributed by atoms with E-state index in [-0.39, 0.29) is 18.7 Å². The Morgan fingerprint density at radius 1 is 1.38 bits per heavy atom. The SMILES string of the molecule is CC[C@H](CO)NC(C)c1ccc(Cl)cc1Cl. The second kappa shape index (κ2) is 6.45. The number of rotatable bonds is 5. The minimum atomic E-state index is 0.0988. The van der Waals surface area contributed by atoms with Crippen LogP contribution in [0.25, 0.3) is 0 Å². The molecule has 0 aromatic heterocycles. The molecule has 4 heteroatoms. The summed E-state index contributed by atoms with van der Waals surface area (Å²) >= 11 is 11.9. The largest absolute Gasteiger partial charge is 0.395 e. The number of aliphatic hydroxyl groups excluding tert-OH is 1. The summed E-state index contributed by atoms with van der Waals surface area (Å²) in [7, 11) is 0. The molecule has 0 radical (unpaired) electrons. The zero-order valence-electron chi connectivity index (χ0n) is 9.50. The van der Waals surface area contributed by atoms with Gasteiger partial charge >= 0.3 is 0 Å². The van der Waals surface area contributed by atoms with E-state index in [9.17, 15) is 0 Å². The first-order valence-electron chi connectivity index (χ1n) is 5.40. The van der Waals surface area contributed by atoms with Crippen molar-refractivity contribution < 1.29 is 5.11 Å². The molecule has 1 rings (SSSR count). The van der Waals surface area contributed by atoms with Crippen LogP contribution in [0.5, 0.6) is 0 Å². The standard InChI is InChI=1S/C12H17Cl2NO/c1-3-10(7-16)15-8(2)11-5-4-9(13)6-12(11)14/h4-6,8,10,15-16H,3,7H2,1-2H3/t8?,10-/m1/s1. The van der Waals surface area contributed by atoms with Crippen LogP contribution in [0.2, 0.25) is 10.0 Å². The van der Waals surface area contributed by atoms with Crippen LogP contribution in [-0.2, 0) is 0 Å². The number of hydrogen-bond donors (Lipinski definition) is 2. The van der Waals surface area contributed by atoms with Crippen molar-refractivity contribution >= 4 is 23.2 Å². The molecule has 0 aliphatic carbocycles. The maximum Gasteiger partial charge on any atom is 0.0584 e. The summed E-state index contributed by atoms with van der Waals surface area (Å²) in [5.41, 5.74) is 0.998. The normalized spacial score (nSPS) is 14.8. The fourth-order valence-electron chi connectivity index (χ4n) is 1.60. The number of halogens is 2. The van der Waals surface area contributed by atoms with Gasteiger partial charge in [-0.25, -0.2) is 0 Å². The van der Waals surface area contributed by atoms with Crippen LogP contribution < -0.4 is 5.32 Å². The second-order valence-corrected chi connectivity index (χ2v) is 4.69. The summed E-state index contributed by atoms with van der Waals surface area (Å²) in [5.74, 6) is 0. The Kier molecular flexibility index (Phi) is 5.56. The number of hydrogen-bond acceptors (Lipinski definition) is 2. The average molecular weight is 262 g/mol. The van der Waals surface area contributed by atoms with Gasteiger partial charge in [-0.2, -0.15) is 0 Å². The minimum absolute atomic E-state index is 0.0988. The zero-order chi connectivity index (χ0) is 12.1.